The molecule has 0 spiro atoms. The van der Waals surface area contributed by atoms with Crippen molar-refractivity contribution in [2.24, 2.45) is 5.92 Å². The standard InChI is InChI=1S/C12H18O.CO2/c1-3-4-10(2)9-11-5-7-12(13)8-6-11;2-1-3/h5-8,10,13H,3-4,9H2,1-2H3;/t10-;/m1./s1. The van der Waals surface area contributed by atoms with E-state index in [-0.39, 0.29) is 6.15 Å². The highest BCUT2D eigenvalue weighted by Crippen LogP contribution is 2.16. The molecular formula is C13H18O3. The first-order valence-electron chi connectivity index (χ1n) is 5.41. The summed E-state index contributed by atoms with van der Waals surface area (Å²) in [5, 5.41) is 9.09. The molecule has 0 bridgehead atoms. The summed E-state index contributed by atoms with van der Waals surface area (Å²) in [4.78, 5) is 16.2. The molecule has 16 heavy (non-hydrogen) atoms. The van der Waals surface area contributed by atoms with Gasteiger partial charge in [0.15, 0.2) is 0 Å². The number of hydrogen-bond donors (Lipinski definition) is 1. The fraction of sp³-hybridized carbons (Fsp3) is 0.462. The SMILES string of the molecule is CCC[C@@H](C)Cc1ccc(O)cc1.O=C=O. The first-order valence-corrected chi connectivity index (χ1v) is 5.41. The summed E-state index contributed by atoms with van der Waals surface area (Å²) in [7, 11) is 0. The molecule has 0 aromatic heterocycles. The van der Waals surface area contributed by atoms with Gasteiger partial charge in [0.1, 0.15) is 5.75 Å². The fourth-order valence-corrected chi connectivity index (χ4v) is 1.63. The van der Waals surface area contributed by atoms with Crippen molar-refractivity contribution in [3.8, 4) is 5.75 Å². The predicted molar refractivity (Wildman–Crippen MR) is 60.9 cm³/mol. The molecule has 0 saturated heterocycles. The predicted octanol–water partition coefficient (Wildman–Crippen LogP) is 2.79. The molecular weight excluding hydrogens is 204 g/mol. The first kappa shape index (κ1) is 14.4. The third-order valence-corrected chi connectivity index (χ3v) is 2.30. The number of carbonyl (C=O) groups excluding carboxylic acids is 2. The quantitative estimate of drug-likeness (QED) is 0.852. The van der Waals surface area contributed by atoms with Crippen molar-refractivity contribution in [2.45, 2.75) is 33.1 Å². The average molecular weight is 222 g/mol. The molecule has 1 N–H and O–H groups in total. The number of hydrogen-bond acceptors (Lipinski definition) is 3. The number of phenolic OH excluding ortho intramolecular Hbond substituents is 1. The van der Waals surface area contributed by atoms with Gasteiger partial charge in [-0.3, -0.25) is 0 Å². The number of phenols is 1. The number of rotatable bonds is 4. The molecule has 0 aliphatic heterocycles. The van der Waals surface area contributed by atoms with E-state index in [9.17, 15) is 0 Å². The Bertz CT molecular complexity index is 310. The van der Waals surface area contributed by atoms with Crippen LogP contribution in [0.3, 0.4) is 0 Å². The van der Waals surface area contributed by atoms with E-state index in [1.54, 1.807) is 12.1 Å². The van der Waals surface area contributed by atoms with Gasteiger partial charge < -0.3 is 5.11 Å². The lowest BCUT2D eigenvalue weighted by Gasteiger charge is -2.09. The summed E-state index contributed by atoms with van der Waals surface area (Å²) in [5.74, 6) is 1.10. The lowest BCUT2D eigenvalue weighted by atomic mass is 9.97. The molecule has 0 radical (unpaired) electrons. The molecule has 0 heterocycles. The van der Waals surface area contributed by atoms with Crippen LogP contribution in [-0.4, -0.2) is 11.3 Å². The summed E-state index contributed by atoms with van der Waals surface area (Å²) >= 11 is 0. The van der Waals surface area contributed by atoms with E-state index >= 15 is 0 Å². The van der Waals surface area contributed by atoms with Crippen molar-refractivity contribution in [1.82, 2.24) is 0 Å². The topological polar surface area (TPSA) is 54.4 Å². The maximum Gasteiger partial charge on any atom is 0.373 e. The summed E-state index contributed by atoms with van der Waals surface area (Å²) in [6.45, 7) is 4.49. The van der Waals surface area contributed by atoms with Crippen LogP contribution in [0.25, 0.3) is 0 Å². The van der Waals surface area contributed by atoms with E-state index in [2.05, 4.69) is 13.8 Å². The molecule has 1 atom stereocenters. The Labute approximate surface area is 96.1 Å². The van der Waals surface area contributed by atoms with Crippen LogP contribution in [0.15, 0.2) is 24.3 Å². The normalized spacial score (nSPS) is 10.9. The Morgan fingerprint density at radius 1 is 1.25 bits per heavy atom. The lowest BCUT2D eigenvalue weighted by Crippen LogP contribution is -1.98. The van der Waals surface area contributed by atoms with Crippen LogP contribution in [0.2, 0.25) is 0 Å². The van der Waals surface area contributed by atoms with E-state index in [1.807, 2.05) is 12.1 Å². The zero-order valence-corrected chi connectivity index (χ0v) is 9.77. The third-order valence-electron chi connectivity index (χ3n) is 2.30. The second-order valence-corrected chi connectivity index (χ2v) is 3.85. The van der Waals surface area contributed by atoms with Gasteiger partial charge in [-0.05, 0) is 30.0 Å². The molecule has 0 fully saturated rings. The maximum atomic E-state index is 9.09. The molecule has 1 aromatic rings. The van der Waals surface area contributed by atoms with Crippen LogP contribution in [0.4, 0.5) is 0 Å². The second kappa shape index (κ2) is 8.69. The number of aromatic hydroxyl groups is 1. The van der Waals surface area contributed by atoms with Gasteiger partial charge >= 0.3 is 6.15 Å². The Morgan fingerprint density at radius 3 is 2.19 bits per heavy atom. The van der Waals surface area contributed by atoms with Crippen molar-refractivity contribution in [3.05, 3.63) is 29.8 Å². The van der Waals surface area contributed by atoms with Gasteiger partial charge in [0.25, 0.3) is 0 Å². The molecule has 0 aliphatic rings. The highest BCUT2D eigenvalue weighted by molar-refractivity contribution is 5.26. The molecule has 1 aromatic carbocycles. The van der Waals surface area contributed by atoms with Gasteiger partial charge in [0, 0.05) is 0 Å². The Morgan fingerprint density at radius 2 is 1.75 bits per heavy atom. The van der Waals surface area contributed by atoms with E-state index in [0.717, 1.165) is 12.3 Å². The first-order chi connectivity index (χ1) is 7.63. The van der Waals surface area contributed by atoms with Crippen molar-refractivity contribution in [1.29, 1.82) is 0 Å². The minimum absolute atomic E-state index is 0.250. The van der Waals surface area contributed by atoms with E-state index in [1.165, 1.54) is 18.4 Å². The smallest absolute Gasteiger partial charge is 0.373 e. The summed E-state index contributed by atoms with van der Waals surface area (Å²) in [6, 6.07) is 7.52. The Kier molecular flexibility index (Phi) is 7.82. The summed E-state index contributed by atoms with van der Waals surface area (Å²) in [5.41, 5.74) is 1.32. The van der Waals surface area contributed by atoms with E-state index in [4.69, 9.17) is 14.7 Å². The fourth-order valence-electron chi connectivity index (χ4n) is 1.63. The van der Waals surface area contributed by atoms with Crippen LogP contribution >= 0.6 is 0 Å². The van der Waals surface area contributed by atoms with E-state index < -0.39 is 0 Å². The van der Waals surface area contributed by atoms with Crippen LogP contribution in [0, 0.1) is 5.92 Å². The largest absolute Gasteiger partial charge is 0.508 e. The molecule has 0 unspecified atom stereocenters. The molecule has 88 valence electrons. The molecule has 0 amide bonds. The van der Waals surface area contributed by atoms with Gasteiger partial charge in [-0.25, -0.2) is 0 Å². The van der Waals surface area contributed by atoms with Crippen LogP contribution in [-0.2, 0) is 16.0 Å². The highest BCUT2D eigenvalue weighted by atomic mass is 16.3. The zero-order chi connectivity index (χ0) is 12.4. The van der Waals surface area contributed by atoms with Gasteiger partial charge in [-0.1, -0.05) is 38.8 Å². The van der Waals surface area contributed by atoms with Crippen LogP contribution in [0.1, 0.15) is 32.3 Å². The Hall–Kier alpha value is -1.60. The van der Waals surface area contributed by atoms with Gasteiger partial charge in [0.05, 0.1) is 0 Å². The molecule has 3 nitrogen and oxygen atoms in total. The van der Waals surface area contributed by atoms with Crippen LogP contribution < -0.4 is 0 Å². The molecule has 3 heteroatoms. The third kappa shape index (κ3) is 6.80. The van der Waals surface area contributed by atoms with Crippen molar-refractivity contribution >= 4 is 6.15 Å². The molecule has 0 saturated carbocycles. The summed E-state index contributed by atoms with van der Waals surface area (Å²) < 4.78 is 0. The van der Waals surface area contributed by atoms with Gasteiger partial charge in [-0.2, -0.15) is 9.59 Å². The van der Waals surface area contributed by atoms with Crippen molar-refractivity contribution < 1.29 is 14.7 Å². The van der Waals surface area contributed by atoms with Crippen LogP contribution in [0.5, 0.6) is 5.75 Å². The lowest BCUT2D eigenvalue weighted by molar-refractivity contribution is -0.191. The van der Waals surface area contributed by atoms with Gasteiger partial charge in [0.2, 0.25) is 0 Å². The van der Waals surface area contributed by atoms with Crippen molar-refractivity contribution in [2.75, 3.05) is 0 Å². The average Bonchev–Trinajstić information content (AvgIpc) is 2.23. The minimum atomic E-state index is 0.250. The van der Waals surface area contributed by atoms with E-state index in [0.29, 0.717) is 5.75 Å². The van der Waals surface area contributed by atoms with Crippen molar-refractivity contribution in [3.63, 3.8) is 0 Å². The minimum Gasteiger partial charge on any atom is -0.508 e. The zero-order valence-electron chi connectivity index (χ0n) is 9.77. The molecule has 1 rings (SSSR count). The maximum absolute atomic E-state index is 9.09. The summed E-state index contributed by atoms with van der Waals surface area (Å²) in [6.07, 6.45) is 3.90. The second-order valence-electron chi connectivity index (χ2n) is 3.85. The number of benzene rings is 1. The highest BCUT2D eigenvalue weighted by Gasteiger charge is 2.01. The van der Waals surface area contributed by atoms with Gasteiger partial charge in [-0.15, -0.1) is 0 Å². The monoisotopic (exact) mass is 222 g/mol. The Balaban J connectivity index is 0.000000673. The molecule has 0 aliphatic carbocycles.